The summed E-state index contributed by atoms with van der Waals surface area (Å²) >= 11 is 0. The summed E-state index contributed by atoms with van der Waals surface area (Å²) in [7, 11) is 2.97. The van der Waals surface area contributed by atoms with Crippen molar-refractivity contribution in [3.8, 4) is 12.0 Å². The van der Waals surface area contributed by atoms with Gasteiger partial charge in [0.25, 0.3) is 0 Å². The summed E-state index contributed by atoms with van der Waals surface area (Å²) in [6.07, 6.45) is 0. The van der Waals surface area contributed by atoms with E-state index in [1.807, 2.05) is 5.06 Å². The number of hydrogen-bond donors (Lipinski definition) is 0. The summed E-state index contributed by atoms with van der Waals surface area (Å²) < 4.78 is 15.1. The second-order valence-corrected chi connectivity index (χ2v) is 3.54. The predicted molar refractivity (Wildman–Crippen MR) is 67.4 cm³/mol. The summed E-state index contributed by atoms with van der Waals surface area (Å²) in [4.78, 5) is 17.6. The van der Waals surface area contributed by atoms with Crippen LogP contribution in [-0.2, 0) is 16.2 Å². The van der Waals surface area contributed by atoms with Gasteiger partial charge >= 0.3 is 12.0 Å². The van der Waals surface area contributed by atoms with Gasteiger partial charge in [0, 0.05) is 13.1 Å². The van der Waals surface area contributed by atoms with E-state index in [0.717, 1.165) is 13.1 Å². The molecule has 0 saturated carbocycles. The van der Waals surface area contributed by atoms with Crippen molar-refractivity contribution >= 4 is 12.4 Å². The zero-order chi connectivity index (χ0) is 12.8. The van der Waals surface area contributed by atoms with E-state index < -0.39 is 0 Å². The van der Waals surface area contributed by atoms with Gasteiger partial charge in [-0.3, -0.25) is 4.84 Å². The highest BCUT2D eigenvalue weighted by Gasteiger charge is 2.13. The van der Waals surface area contributed by atoms with Crippen molar-refractivity contribution in [3.63, 3.8) is 0 Å². The fourth-order valence-corrected chi connectivity index (χ4v) is 1.45. The predicted octanol–water partition coefficient (Wildman–Crippen LogP) is 0.0744. The quantitative estimate of drug-likeness (QED) is 0.755. The highest BCUT2D eigenvalue weighted by molar-refractivity contribution is 5.85. The van der Waals surface area contributed by atoms with Crippen LogP contribution in [-0.4, -0.2) is 60.5 Å². The maximum atomic E-state index is 5.56. The molecule has 0 radical (unpaired) electrons. The van der Waals surface area contributed by atoms with Gasteiger partial charge in [-0.2, -0.15) is 15.0 Å². The SMILES string of the molecule is COc1nc(CON2CCOCC2)nc(OC)n1.Cl. The van der Waals surface area contributed by atoms with Crippen LogP contribution in [0.1, 0.15) is 5.82 Å². The lowest BCUT2D eigenvalue weighted by atomic mass is 10.5. The first-order chi connectivity index (χ1) is 8.81. The van der Waals surface area contributed by atoms with Crippen molar-refractivity contribution < 1.29 is 19.0 Å². The van der Waals surface area contributed by atoms with Crippen LogP contribution in [0.5, 0.6) is 12.0 Å². The minimum absolute atomic E-state index is 0. The first kappa shape index (κ1) is 15.8. The molecule has 19 heavy (non-hydrogen) atoms. The molecule has 0 aromatic carbocycles. The minimum atomic E-state index is 0. The molecule has 0 aliphatic carbocycles. The van der Waals surface area contributed by atoms with E-state index in [2.05, 4.69) is 15.0 Å². The second kappa shape index (κ2) is 8.05. The second-order valence-electron chi connectivity index (χ2n) is 3.54. The number of morpholine rings is 1. The van der Waals surface area contributed by atoms with Crippen LogP contribution in [0.25, 0.3) is 0 Å². The van der Waals surface area contributed by atoms with Crippen molar-refractivity contribution in [3.05, 3.63) is 5.82 Å². The van der Waals surface area contributed by atoms with Crippen molar-refractivity contribution in [1.29, 1.82) is 0 Å². The smallest absolute Gasteiger partial charge is 0.322 e. The maximum absolute atomic E-state index is 5.56. The van der Waals surface area contributed by atoms with Gasteiger partial charge in [-0.25, -0.2) is 0 Å². The molecule has 0 atom stereocenters. The third kappa shape index (κ3) is 4.75. The molecule has 1 aromatic heterocycles. The topological polar surface area (TPSA) is 78.8 Å². The zero-order valence-electron chi connectivity index (χ0n) is 10.9. The summed E-state index contributed by atoms with van der Waals surface area (Å²) in [5.74, 6) is 0.463. The van der Waals surface area contributed by atoms with Gasteiger partial charge in [0.2, 0.25) is 0 Å². The van der Waals surface area contributed by atoms with Crippen LogP contribution >= 0.6 is 12.4 Å². The summed E-state index contributed by atoms with van der Waals surface area (Å²) in [5.41, 5.74) is 0. The number of hydrogen-bond acceptors (Lipinski definition) is 8. The molecule has 0 bridgehead atoms. The Morgan fingerprint density at radius 2 is 1.63 bits per heavy atom. The number of nitrogens with zero attached hydrogens (tertiary/aromatic N) is 4. The van der Waals surface area contributed by atoms with E-state index in [9.17, 15) is 0 Å². The molecular formula is C10H17ClN4O4. The van der Waals surface area contributed by atoms with Gasteiger partial charge in [-0.15, -0.1) is 17.4 Å². The Morgan fingerprint density at radius 3 is 2.16 bits per heavy atom. The largest absolute Gasteiger partial charge is 0.467 e. The van der Waals surface area contributed by atoms with Crippen LogP contribution in [0.3, 0.4) is 0 Å². The van der Waals surface area contributed by atoms with Gasteiger partial charge in [0.15, 0.2) is 5.82 Å². The third-order valence-electron chi connectivity index (χ3n) is 2.35. The zero-order valence-corrected chi connectivity index (χ0v) is 11.7. The highest BCUT2D eigenvalue weighted by atomic mass is 35.5. The lowest BCUT2D eigenvalue weighted by Gasteiger charge is -2.25. The Balaban J connectivity index is 0.00000180. The van der Waals surface area contributed by atoms with Crippen molar-refractivity contribution in [1.82, 2.24) is 20.0 Å². The molecule has 1 aliphatic rings. The molecule has 1 fully saturated rings. The van der Waals surface area contributed by atoms with Gasteiger partial charge in [0.1, 0.15) is 6.61 Å². The minimum Gasteiger partial charge on any atom is -0.467 e. The monoisotopic (exact) mass is 292 g/mol. The maximum Gasteiger partial charge on any atom is 0.322 e. The summed E-state index contributed by atoms with van der Waals surface area (Å²) in [6.45, 7) is 3.06. The van der Waals surface area contributed by atoms with Crippen molar-refractivity contribution in [2.75, 3.05) is 40.5 Å². The van der Waals surface area contributed by atoms with Gasteiger partial charge in [-0.05, 0) is 0 Å². The van der Waals surface area contributed by atoms with E-state index >= 15 is 0 Å². The molecule has 8 nitrogen and oxygen atoms in total. The molecule has 108 valence electrons. The van der Waals surface area contributed by atoms with Gasteiger partial charge < -0.3 is 14.2 Å². The molecular weight excluding hydrogens is 276 g/mol. The highest BCUT2D eigenvalue weighted by Crippen LogP contribution is 2.10. The van der Waals surface area contributed by atoms with Crippen LogP contribution in [0, 0.1) is 0 Å². The molecule has 0 spiro atoms. The number of hydroxylamine groups is 2. The molecule has 0 N–H and O–H groups in total. The van der Waals surface area contributed by atoms with E-state index in [1.165, 1.54) is 14.2 Å². The van der Waals surface area contributed by atoms with E-state index in [1.54, 1.807) is 0 Å². The number of rotatable bonds is 5. The molecule has 9 heteroatoms. The molecule has 2 rings (SSSR count). The number of halogens is 1. The Labute approximate surface area is 117 Å². The van der Waals surface area contributed by atoms with E-state index in [4.69, 9.17) is 19.0 Å². The standard InChI is InChI=1S/C10H16N4O4.ClH/c1-15-9-11-8(12-10(13-9)16-2)7-18-14-3-5-17-6-4-14;/h3-7H2,1-2H3;1H. The van der Waals surface area contributed by atoms with Gasteiger partial charge in [0.05, 0.1) is 27.4 Å². The molecule has 1 aliphatic heterocycles. The van der Waals surface area contributed by atoms with Gasteiger partial charge in [-0.1, -0.05) is 0 Å². The first-order valence-electron chi connectivity index (χ1n) is 5.60. The number of aromatic nitrogens is 3. The fraction of sp³-hybridized carbons (Fsp3) is 0.700. The Kier molecular flexibility index (Phi) is 6.71. The van der Waals surface area contributed by atoms with E-state index in [0.29, 0.717) is 19.0 Å². The summed E-state index contributed by atoms with van der Waals surface area (Å²) in [6, 6.07) is 0.421. The van der Waals surface area contributed by atoms with Crippen LogP contribution in [0.2, 0.25) is 0 Å². The average Bonchev–Trinajstić information content (AvgIpc) is 2.45. The Hall–Kier alpha value is -1.22. The lowest BCUT2D eigenvalue weighted by molar-refractivity contribution is -0.203. The Bertz CT molecular complexity index is 368. The average molecular weight is 293 g/mol. The Morgan fingerprint density at radius 1 is 1.05 bits per heavy atom. The van der Waals surface area contributed by atoms with Crippen molar-refractivity contribution in [2.24, 2.45) is 0 Å². The van der Waals surface area contributed by atoms with Crippen LogP contribution in [0.15, 0.2) is 0 Å². The number of methoxy groups -OCH3 is 2. The lowest BCUT2D eigenvalue weighted by Crippen LogP contribution is -2.36. The van der Waals surface area contributed by atoms with Crippen LogP contribution < -0.4 is 9.47 Å². The first-order valence-corrected chi connectivity index (χ1v) is 5.60. The fourth-order valence-electron chi connectivity index (χ4n) is 1.45. The molecule has 2 heterocycles. The molecule has 1 saturated heterocycles. The summed E-state index contributed by atoms with van der Waals surface area (Å²) in [5, 5.41) is 1.83. The van der Waals surface area contributed by atoms with Crippen LogP contribution in [0.4, 0.5) is 0 Å². The van der Waals surface area contributed by atoms with E-state index in [-0.39, 0.29) is 31.0 Å². The molecule has 1 aromatic rings. The van der Waals surface area contributed by atoms with Crippen molar-refractivity contribution in [2.45, 2.75) is 6.61 Å². The molecule has 0 amide bonds. The normalized spacial score (nSPS) is 15.7. The number of ether oxygens (including phenoxy) is 3. The molecule has 0 unspecified atom stereocenters. The third-order valence-corrected chi connectivity index (χ3v) is 2.35.